The summed E-state index contributed by atoms with van der Waals surface area (Å²) in [5, 5.41) is 0. The number of alkyl halides is 1. The summed E-state index contributed by atoms with van der Waals surface area (Å²) >= 11 is 0. The van der Waals surface area contributed by atoms with Crippen LogP contribution in [0.5, 0.6) is 11.5 Å². The Hall–Kier alpha value is -1.58. The predicted molar refractivity (Wildman–Crippen MR) is 112 cm³/mol. The fourth-order valence-electron chi connectivity index (χ4n) is 3.96. The molecule has 1 atom stereocenters. The summed E-state index contributed by atoms with van der Waals surface area (Å²) in [5.74, 6) is 1.81. The van der Waals surface area contributed by atoms with Crippen LogP contribution in [0.3, 0.4) is 0 Å². The first kappa shape index (κ1) is 22.7. The molecule has 0 amide bonds. The van der Waals surface area contributed by atoms with Gasteiger partial charge in [-0.2, -0.15) is 0 Å². The maximum atomic E-state index is 13.9. The Balaban J connectivity index is 1.68. The minimum atomic E-state index is -0.933. The normalized spacial score (nSPS) is 20.5. The third-order valence-corrected chi connectivity index (χ3v) is 5.72. The average molecular weight is 393 g/mol. The van der Waals surface area contributed by atoms with Crippen LogP contribution >= 0.6 is 0 Å². The molecule has 1 saturated carbocycles. The third-order valence-electron chi connectivity index (χ3n) is 5.72. The number of rotatable bonds is 12. The lowest BCUT2D eigenvalue weighted by Gasteiger charge is -2.26. The highest BCUT2D eigenvalue weighted by Crippen LogP contribution is 2.32. The Morgan fingerprint density at radius 2 is 1.68 bits per heavy atom. The van der Waals surface area contributed by atoms with E-state index in [4.69, 9.17) is 9.47 Å². The van der Waals surface area contributed by atoms with Crippen molar-refractivity contribution in [3.05, 3.63) is 24.3 Å². The van der Waals surface area contributed by atoms with Crippen molar-refractivity contribution < 1.29 is 18.7 Å². The molecule has 1 fully saturated rings. The van der Waals surface area contributed by atoms with Gasteiger partial charge >= 0.3 is 5.97 Å². The first-order chi connectivity index (χ1) is 13.6. The van der Waals surface area contributed by atoms with Crippen LogP contribution in [0.1, 0.15) is 84.5 Å². The molecule has 1 aromatic carbocycles. The van der Waals surface area contributed by atoms with Gasteiger partial charge in [-0.3, -0.25) is 4.79 Å². The summed E-state index contributed by atoms with van der Waals surface area (Å²) in [5.41, 5.74) is 0. The van der Waals surface area contributed by atoms with E-state index < -0.39 is 6.17 Å². The van der Waals surface area contributed by atoms with Crippen molar-refractivity contribution in [3.63, 3.8) is 0 Å². The highest BCUT2D eigenvalue weighted by molar-refractivity contribution is 5.75. The Labute approximate surface area is 170 Å². The molecule has 1 aliphatic rings. The Morgan fingerprint density at radius 3 is 2.32 bits per heavy atom. The van der Waals surface area contributed by atoms with Gasteiger partial charge in [0.1, 0.15) is 24.3 Å². The summed E-state index contributed by atoms with van der Waals surface area (Å²) in [4.78, 5) is 12.4. The Bertz CT molecular complexity index is 549. The first-order valence-electron chi connectivity index (χ1n) is 11.2. The number of carbonyl (C=O) groups excluding carboxylic acids is 1. The van der Waals surface area contributed by atoms with E-state index in [1.165, 1.54) is 12.8 Å². The SMILES string of the molecule is CCCCCCC(F)COc1ccc(OC(=O)C2CCC(CCC)CC2)cc1. The molecule has 4 heteroatoms. The smallest absolute Gasteiger partial charge is 0.314 e. The molecule has 28 heavy (non-hydrogen) atoms. The monoisotopic (exact) mass is 392 g/mol. The first-order valence-corrected chi connectivity index (χ1v) is 11.2. The predicted octanol–water partition coefficient (Wildman–Crippen LogP) is 6.89. The zero-order chi connectivity index (χ0) is 20.2. The fourth-order valence-corrected chi connectivity index (χ4v) is 3.96. The zero-order valence-electron chi connectivity index (χ0n) is 17.6. The highest BCUT2D eigenvalue weighted by Gasteiger charge is 2.27. The number of ether oxygens (including phenoxy) is 2. The van der Waals surface area contributed by atoms with Crippen molar-refractivity contribution in [1.29, 1.82) is 0 Å². The van der Waals surface area contributed by atoms with Crippen LogP contribution in [0.15, 0.2) is 24.3 Å². The number of hydrogen-bond acceptors (Lipinski definition) is 3. The molecule has 1 unspecified atom stereocenters. The van der Waals surface area contributed by atoms with Gasteiger partial charge in [-0.15, -0.1) is 0 Å². The Morgan fingerprint density at radius 1 is 1.00 bits per heavy atom. The molecule has 0 radical (unpaired) electrons. The van der Waals surface area contributed by atoms with Gasteiger partial charge in [0.05, 0.1) is 5.92 Å². The van der Waals surface area contributed by atoms with Crippen LogP contribution in [0.2, 0.25) is 0 Å². The maximum absolute atomic E-state index is 13.9. The lowest BCUT2D eigenvalue weighted by molar-refractivity contribution is -0.140. The minimum absolute atomic E-state index is 0.0176. The lowest BCUT2D eigenvalue weighted by Crippen LogP contribution is -2.25. The van der Waals surface area contributed by atoms with E-state index in [2.05, 4.69) is 13.8 Å². The van der Waals surface area contributed by atoms with Crippen molar-refractivity contribution in [1.82, 2.24) is 0 Å². The van der Waals surface area contributed by atoms with Gasteiger partial charge in [0.25, 0.3) is 0 Å². The van der Waals surface area contributed by atoms with Crippen molar-refractivity contribution in [2.75, 3.05) is 6.61 Å². The fraction of sp³-hybridized carbons (Fsp3) is 0.708. The van der Waals surface area contributed by atoms with Crippen LogP contribution in [-0.2, 0) is 4.79 Å². The van der Waals surface area contributed by atoms with Crippen LogP contribution in [0, 0.1) is 11.8 Å². The van der Waals surface area contributed by atoms with Crippen molar-refractivity contribution in [2.45, 2.75) is 90.6 Å². The highest BCUT2D eigenvalue weighted by atomic mass is 19.1. The number of carbonyl (C=O) groups is 1. The van der Waals surface area contributed by atoms with Crippen molar-refractivity contribution in [3.8, 4) is 11.5 Å². The summed E-state index contributed by atoms with van der Waals surface area (Å²) in [7, 11) is 0. The molecule has 158 valence electrons. The second-order valence-corrected chi connectivity index (χ2v) is 8.16. The molecule has 0 spiro atoms. The van der Waals surface area contributed by atoms with Crippen LogP contribution in [0.4, 0.5) is 4.39 Å². The molecule has 0 heterocycles. The number of benzene rings is 1. The number of esters is 1. The zero-order valence-corrected chi connectivity index (χ0v) is 17.6. The lowest BCUT2D eigenvalue weighted by atomic mass is 9.80. The summed E-state index contributed by atoms with van der Waals surface area (Å²) in [6.45, 7) is 4.44. The quantitative estimate of drug-likeness (QED) is 0.221. The second kappa shape index (κ2) is 12.8. The topological polar surface area (TPSA) is 35.5 Å². The van der Waals surface area contributed by atoms with E-state index in [1.54, 1.807) is 24.3 Å². The van der Waals surface area contributed by atoms with Gasteiger partial charge in [-0.05, 0) is 62.3 Å². The summed E-state index contributed by atoms with van der Waals surface area (Å²) in [6, 6.07) is 6.93. The number of hydrogen-bond donors (Lipinski definition) is 0. The van der Waals surface area contributed by atoms with E-state index in [1.807, 2.05) is 0 Å². The summed E-state index contributed by atoms with van der Waals surface area (Å²) < 4.78 is 24.9. The standard InChI is InChI=1S/C24H37FO3/c1-3-5-6-7-9-21(25)18-27-22-14-16-23(17-15-22)28-24(26)20-12-10-19(8-4-2)11-13-20/h14-17,19-21H,3-13,18H2,1-2H3. The van der Waals surface area contributed by atoms with Gasteiger partial charge < -0.3 is 9.47 Å². The minimum Gasteiger partial charge on any atom is -0.491 e. The second-order valence-electron chi connectivity index (χ2n) is 8.16. The van der Waals surface area contributed by atoms with Gasteiger partial charge in [0, 0.05) is 0 Å². The molecule has 0 saturated heterocycles. The van der Waals surface area contributed by atoms with Gasteiger partial charge in [-0.1, -0.05) is 52.4 Å². The van der Waals surface area contributed by atoms with Crippen LogP contribution in [-0.4, -0.2) is 18.7 Å². The van der Waals surface area contributed by atoms with Gasteiger partial charge in [-0.25, -0.2) is 4.39 Å². The molecule has 2 rings (SSSR count). The molecular weight excluding hydrogens is 355 g/mol. The third kappa shape index (κ3) is 8.20. The number of halogens is 1. The average Bonchev–Trinajstić information content (AvgIpc) is 2.71. The van der Waals surface area contributed by atoms with E-state index in [-0.39, 0.29) is 18.5 Å². The maximum Gasteiger partial charge on any atom is 0.314 e. The summed E-state index contributed by atoms with van der Waals surface area (Å²) in [6.07, 6.45) is 10.5. The van der Waals surface area contributed by atoms with E-state index in [0.29, 0.717) is 17.9 Å². The Kier molecular flexibility index (Phi) is 10.4. The number of unbranched alkanes of at least 4 members (excludes halogenated alkanes) is 3. The molecule has 0 bridgehead atoms. The molecule has 1 aliphatic carbocycles. The van der Waals surface area contributed by atoms with E-state index >= 15 is 0 Å². The molecule has 3 nitrogen and oxygen atoms in total. The molecule has 0 aromatic heterocycles. The molecule has 0 N–H and O–H groups in total. The molecular formula is C24H37FO3. The largest absolute Gasteiger partial charge is 0.491 e. The molecule has 1 aromatic rings. The van der Waals surface area contributed by atoms with Gasteiger partial charge in [0.2, 0.25) is 0 Å². The van der Waals surface area contributed by atoms with Crippen LogP contribution in [0.25, 0.3) is 0 Å². The van der Waals surface area contributed by atoms with Crippen molar-refractivity contribution in [2.24, 2.45) is 11.8 Å². The van der Waals surface area contributed by atoms with Gasteiger partial charge in [0.15, 0.2) is 0 Å². The van der Waals surface area contributed by atoms with E-state index in [0.717, 1.165) is 57.3 Å². The molecule has 0 aliphatic heterocycles. The van der Waals surface area contributed by atoms with E-state index in [9.17, 15) is 9.18 Å². The van der Waals surface area contributed by atoms with Crippen molar-refractivity contribution >= 4 is 5.97 Å². The van der Waals surface area contributed by atoms with Crippen LogP contribution < -0.4 is 9.47 Å².